The van der Waals surface area contributed by atoms with Gasteiger partial charge >= 0.3 is 6.18 Å². The van der Waals surface area contributed by atoms with Crippen molar-refractivity contribution in [1.29, 1.82) is 0 Å². The van der Waals surface area contributed by atoms with Crippen molar-refractivity contribution in [3.63, 3.8) is 0 Å². The Morgan fingerprint density at radius 1 is 1.42 bits per heavy atom. The van der Waals surface area contributed by atoms with E-state index in [1.54, 1.807) is 6.92 Å². The van der Waals surface area contributed by atoms with Gasteiger partial charge in [-0.3, -0.25) is 0 Å². The van der Waals surface area contributed by atoms with Gasteiger partial charge in [0.2, 0.25) is 0 Å². The first-order chi connectivity index (χ1) is 5.54. The van der Waals surface area contributed by atoms with Crippen LogP contribution in [0.1, 0.15) is 18.4 Å². The van der Waals surface area contributed by atoms with Crippen molar-refractivity contribution in [3.8, 4) is 0 Å². The minimum absolute atomic E-state index is 0.213. The molecule has 1 aromatic heterocycles. The molecule has 5 heteroatoms. The molecule has 12 heavy (non-hydrogen) atoms. The maximum atomic E-state index is 12.0. The van der Waals surface area contributed by atoms with E-state index >= 15 is 0 Å². The lowest BCUT2D eigenvalue weighted by Gasteiger charge is -2.05. The maximum absolute atomic E-state index is 12.0. The summed E-state index contributed by atoms with van der Waals surface area (Å²) in [7, 11) is 0. The molecule has 0 aliphatic heterocycles. The fourth-order valence-electron chi connectivity index (χ4n) is 0.727. The van der Waals surface area contributed by atoms with Crippen LogP contribution in [0.4, 0.5) is 13.2 Å². The van der Waals surface area contributed by atoms with E-state index in [0.29, 0.717) is 6.42 Å². The minimum Gasteiger partial charge on any atom is -0.241 e. The van der Waals surface area contributed by atoms with E-state index in [2.05, 4.69) is 9.97 Å². The molecule has 0 bridgehead atoms. The summed E-state index contributed by atoms with van der Waals surface area (Å²) in [5.41, 5.74) is -0.880. The van der Waals surface area contributed by atoms with Crippen LogP contribution < -0.4 is 0 Å². The van der Waals surface area contributed by atoms with Crippen molar-refractivity contribution in [1.82, 2.24) is 9.97 Å². The predicted molar refractivity (Wildman–Crippen MR) is 36.4 cm³/mol. The normalized spacial score (nSPS) is 11.7. The van der Waals surface area contributed by atoms with Gasteiger partial charge in [-0.25, -0.2) is 9.97 Å². The topological polar surface area (TPSA) is 25.8 Å². The second kappa shape index (κ2) is 3.08. The number of rotatable bonds is 1. The summed E-state index contributed by atoms with van der Waals surface area (Å²) in [5.74, 6) is 0.213. The van der Waals surface area contributed by atoms with Crippen LogP contribution in [0.25, 0.3) is 0 Å². The number of hydrogen-bond donors (Lipinski definition) is 0. The van der Waals surface area contributed by atoms with Gasteiger partial charge in [0.05, 0.1) is 0 Å². The Kier molecular flexibility index (Phi) is 2.30. The lowest BCUT2D eigenvalue weighted by molar-refractivity contribution is -0.141. The third-order valence-corrected chi connectivity index (χ3v) is 1.31. The zero-order valence-corrected chi connectivity index (χ0v) is 6.39. The van der Waals surface area contributed by atoms with Crippen LogP contribution in [0.5, 0.6) is 0 Å². The highest BCUT2D eigenvalue weighted by Crippen LogP contribution is 2.26. The minimum atomic E-state index is -4.37. The molecule has 1 heterocycles. The third-order valence-electron chi connectivity index (χ3n) is 1.31. The first-order valence-electron chi connectivity index (χ1n) is 3.43. The number of alkyl halides is 3. The quantitative estimate of drug-likeness (QED) is 0.654. The van der Waals surface area contributed by atoms with E-state index < -0.39 is 11.9 Å². The average Bonchev–Trinajstić information content (AvgIpc) is 2.03. The SMILES string of the molecule is CCc1nccc(C(F)(F)F)n1. The molecule has 0 aliphatic rings. The molecule has 0 spiro atoms. The lowest BCUT2D eigenvalue weighted by Crippen LogP contribution is -2.09. The van der Waals surface area contributed by atoms with E-state index in [1.807, 2.05) is 0 Å². The summed E-state index contributed by atoms with van der Waals surface area (Å²) < 4.78 is 36.0. The first kappa shape index (κ1) is 8.96. The van der Waals surface area contributed by atoms with Crippen molar-refractivity contribution in [2.24, 2.45) is 0 Å². The summed E-state index contributed by atoms with van der Waals surface area (Å²) >= 11 is 0. The molecule has 2 nitrogen and oxygen atoms in total. The molecule has 0 aromatic carbocycles. The van der Waals surface area contributed by atoms with Gasteiger partial charge in [-0.1, -0.05) is 6.92 Å². The molecule has 66 valence electrons. The van der Waals surface area contributed by atoms with Crippen LogP contribution in [0, 0.1) is 0 Å². The standard InChI is InChI=1S/C7H7F3N2/c1-2-6-11-4-3-5(12-6)7(8,9)10/h3-4H,2H2,1H3. The van der Waals surface area contributed by atoms with Crippen LogP contribution in [0.15, 0.2) is 12.3 Å². The van der Waals surface area contributed by atoms with Gasteiger partial charge in [0.1, 0.15) is 11.5 Å². The molecule has 0 atom stereocenters. The molecule has 0 aliphatic carbocycles. The van der Waals surface area contributed by atoms with Gasteiger partial charge in [0.25, 0.3) is 0 Å². The number of nitrogens with zero attached hydrogens (tertiary/aromatic N) is 2. The average molecular weight is 176 g/mol. The summed E-state index contributed by atoms with van der Waals surface area (Å²) in [4.78, 5) is 6.99. The molecule has 1 rings (SSSR count). The zero-order valence-electron chi connectivity index (χ0n) is 6.39. The number of halogens is 3. The monoisotopic (exact) mass is 176 g/mol. The number of hydrogen-bond acceptors (Lipinski definition) is 2. The molecule has 1 aromatic rings. The van der Waals surface area contributed by atoms with Crippen LogP contribution >= 0.6 is 0 Å². The van der Waals surface area contributed by atoms with Gasteiger partial charge in [0.15, 0.2) is 0 Å². The molecule has 0 amide bonds. The van der Waals surface area contributed by atoms with Crippen LogP contribution in [0.3, 0.4) is 0 Å². The van der Waals surface area contributed by atoms with Crippen molar-refractivity contribution in [2.45, 2.75) is 19.5 Å². The fourth-order valence-corrected chi connectivity index (χ4v) is 0.727. The Morgan fingerprint density at radius 2 is 2.08 bits per heavy atom. The molecule has 0 unspecified atom stereocenters. The fraction of sp³-hybridized carbons (Fsp3) is 0.429. The second-order valence-corrected chi connectivity index (χ2v) is 2.21. The van der Waals surface area contributed by atoms with E-state index in [4.69, 9.17) is 0 Å². The Labute approximate surface area is 67.5 Å². The highest BCUT2D eigenvalue weighted by Gasteiger charge is 2.32. The summed E-state index contributed by atoms with van der Waals surface area (Å²) in [5, 5.41) is 0. The van der Waals surface area contributed by atoms with Gasteiger partial charge < -0.3 is 0 Å². The van der Waals surface area contributed by atoms with Crippen LogP contribution in [0.2, 0.25) is 0 Å². The summed E-state index contributed by atoms with van der Waals surface area (Å²) in [6.07, 6.45) is -2.84. The van der Waals surface area contributed by atoms with E-state index in [0.717, 1.165) is 12.3 Å². The molecule has 0 saturated heterocycles. The Balaban J connectivity index is 3.02. The molecule has 0 radical (unpaired) electrons. The number of aromatic nitrogens is 2. The van der Waals surface area contributed by atoms with E-state index in [1.165, 1.54) is 0 Å². The van der Waals surface area contributed by atoms with Gasteiger partial charge in [-0.2, -0.15) is 13.2 Å². The highest BCUT2D eigenvalue weighted by atomic mass is 19.4. The van der Waals surface area contributed by atoms with Crippen molar-refractivity contribution < 1.29 is 13.2 Å². The van der Waals surface area contributed by atoms with Crippen molar-refractivity contribution >= 4 is 0 Å². The predicted octanol–water partition coefficient (Wildman–Crippen LogP) is 2.06. The molecule has 0 saturated carbocycles. The van der Waals surface area contributed by atoms with Gasteiger partial charge in [-0.15, -0.1) is 0 Å². The smallest absolute Gasteiger partial charge is 0.241 e. The Morgan fingerprint density at radius 3 is 2.58 bits per heavy atom. The van der Waals surface area contributed by atoms with E-state index in [9.17, 15) is 13.2 Å². The second-order valence-electron chi connectivity index (χ2n) is 2.21. The lowest BCUT2D eigenvalue weighted by atomic mass is 10.3. The Hall–Kier alpha value is -1.13. The largest absolute Gasteiger partial charge is 0.433 e. The molecule has 0 N–H and O–H groups in total. The first-order valence-corrected chi connectivity index (χ1v) is 3.43. The highest BCUT2D eigenvalue weighted by molar-refractivity contribution is 5.05. The van der Waals surface area contributed by atoms with Crippen molar-refractivity contribution in [3.05, 3.63) is 23.8 Å². The van der Waals surface area contributed by atoms with Gasteiger partial charge in [0, 0.05) is 12.6 Å². The van der Waals surface area contributed by atoms with Crippen LogP contribution in [-0.2, 0) is 12.6 Å². The van der Waals surface area contributed by atoms with E-state index in [-0.39, 0.29) is 5.82 Å². The van der Waals surface area contributed by atoms with Gasteiger partial charge in [-0.05, 0) is 6.07 Å². The molecular weight excluding hydrogens is 169 g/mol. The summed E-state index contributed by atoms with van der Waals surface area (Å²) in [6.45, 7) is 1.70. The summed E-state index contributed by atoms with van der Waals surface area (Å²) in [6, 6.07) is 0.860. The maximum Gasteiger partial charge on any atom is 0.433 e. The van der Waals surface area contributed by atoms with Crippen LogP contribution in [-0.4, -0.2) is 9.97 Å². The Bertz CT molecular complexity index is 270. The third kappa shape index (κ3) is 1.93. The molecular formula is C7H7F3N2. The zero-order chi connectivity index (χ0) is 9.19. The van der Waals surface area contributed by atoms with Crippen molar-refractivity contribution in [2.75, 3.05) is 0 Å². The number of aryl methyl sites for hydroxylation is 1. The molecule has 0 fully saturated rings.